The molecule has 2 aromatic rings. The van der Waals surface area contributed by atoms with Crippen molar-refractivity contribution in [3.63, 3.8) is 0 Å². The maximum atomic E-state index is 5.49. The van der Waals surface area contributed by atoms with Crippen LogP contribution in [0.1, 0.15) is 5.01 Å². The molecule has 0 unspecified atom stereocenters. The summed E-state index contributed by atoms with van der Waals surface area (Å²) in [5, 5.41) is 1.15. The third-order valence-corrected chi connectivity index (χ3v) is 7.03. The average molecular weight is 494 g/mol. The van der Waals surface area contributed by atoms with Gasteiger partial charge in [-0.1, -0.05) is 0 Å². The van der Waals surface area contributed by atoms with Crippen molar-refractivity contribution in [2.75, 3.05) is 70.6 Å². The zero-order valence-corrected chi connectivity index (χ0v) is 18.9. The van der Waals surface area contributed by atoms with E-state index in [2.05, 4.69) is 19.7 Å². The zero-order valence-electron chi connectivity index (χ0n) is 15.3. The Morgan fingerprint density at radius 2 is 1.67 bits per heavy atom. The van der Waals surface area contributed by atoms with Gasteiger partial charge in [0.2, 0.25) is 0 Å². The molecule has 0 aliphatic carbocycles. The Labute approximate surface area is 175 Å². The Morgan fingerprint density at radius 1 is 0.963 bits per heavy atom. The molecule has 0 atom stereocenters. The molecule has 5 rings (SSSR count). The van der Waals surface area contributed by atoms with Crippen molar-refractivity contribution in [1.82, 2.24) is 24.8 Å². The van der Waals surface area contributed by atoms with E-state index in [1.807, 2.05) is 0 Å². The Hall–Kier alpha value is -0.591. The van der Waals surface area contributed by atoms with E-state index >= 15 is 0 Å². The number of likely N-dealkylation sites (tertiary alicyclic amines) is 1. The molecular weight excluding hydrogens is 471 g/mol. The molecule has 3 saturated heterocycles. The third-order valence-electron chi connectivity index (χ3n) is 5.45. The van der Waals surface area contributed by atoms with Crippen LogP contribution in [0.3, 0.4) is 0 Å². The maximum absolute atomic E-state index is 5.49. The summed E-state index contributed by atoms with van der Waals surface area (Å²) in [6.45, 7) is 10.3. The second-order valence-corrected chi connectivity index (χ2v) is 9.57. The van der Waals surface area contributed by atoms with Gasteiger partial charge < -0.3 is 4.74 Å². The minimum absolute atomic E-state index is 0.679. The van der Waals surface area contributed by atoms with Gasteiger partial charge in [0.25, 0.3) is 0 Å². The van der Waals surface area contributed by atoms with E-state index in [9.17, 15) is 0 Å². The molecule has 3 aliphatic rings. The van der Waals surface area contributed by atoms with Crippen molar-refractivity contribution in [3.8, 4) is 0 Å². The van der Waals surface area contributed by atoms with E-state index in [1.165, 1.54) is 22.5 Å². The fourth-order valence-corrected chi connectivity index (χ4v) is 5.78. The van der Waals surface area contributed by atoms with Gasteiger partial charge in [-0.15, -0.1) is 0 Å². The van der Waals surface area contributed by atoms with E-state index in [0.29, 0.717) is 6.04 Å². The summed E-state index contributed by atoms with van der Waals surface area (Å²) >= 11 is 2.97. The molecule has 3 fully saturated rings. The quantitative estimate of drug-likeness (QED) is 0.515. The number of rotatable bonds is 4. The van der Waals surface area contributed by atoms with Gasteiger partial charge in [-0.25, -0.2) is 0 Å². The first-order valence-corrected chi connectivity index (χ1v) is 11.8. The van der Waals surface area contributed by atoms with Crippen molar-refractivity contribution < 1.29 is 9.47 Å². The normalized spacial score (nSPS) is 23.1. The molecule has 10 heteroatoms. The molecule has 27 heavy (non-hydrogen) atoms. The van der Waals surface area contributed by atoms with Gasteiger partial charge >= 0.3 is 172 Å². The van der Waals surface area contributed by atoms with E-state index in [4.69, 9.17) is 19.4 Å². The van der Waals surface area contributed by atoms with E-state index < -0.39 is 0 Å². The summed E-state index contributed by atoms with van der Waals surface area (Å²) in [6.07, 6.45) is 0. The van der Waals surface area contributed by atoms with Crippen molar-refractivity contribution in [2.45, 2.75) is 12.6 Å². The SMILES string of the molecule is [Sn][c]1nc(N2CCOCC2)c2nc(CN3CC(N4CCOCC4)C3)sc2n1. The molecule has 143 valence electrons. The summed E-state index contributed by atoms with van der Waals surface area (Å²) < 4.78 is 11.9. The van der Waals surface area contributed by atoms with Gasteiger partial charge in [-0.2, -0.15) is 0 Å². The molecule has 3 aliphatic heterocycles. The summed E-state index contributed by atoms with van der Waals surface area (Å²) in [5.74, 6) is 0.993. The summed E-state index contributed by atoms with van der Waals surface area (Å²) in [5.41, 5.74) is 0.966. The van der Waals surface area contributed by atoms with Gasteiger partial charge in [0.15, 0.2) is 0 Å². The molecule has 0 amide bonds. The number of thiazole rings is 1. The van der Waals surface area contributed by atoms with E-state index in [1.54, 1.807) is 11.3 Å². The second kappa shape index (κ2) is 8.03. The number of hydrogen-bond donors (Lipinski definition) is 0. The second-order valence-electron chi connectivity index (χ2n) is 7.23. The monoisotopic (exact) mass is 495 g/mol. The molecule has 0 spiro atoms. The first-order valence-electron chi connectivity index (χ1n) is 9.52. The topological polar surface area (TPSA) is 66.9 Å². The number of ether oxygens (including phenoxy) is 2. The van der Waals surface area contributed by atoms with E-state index in [-0.39, 0.29) is 0 Å². The summed E-state index contributed by atoms with van der Waals surface area (Å²) in [4.78, 5) is 22.7. The van der Waals surface area contributed by atoms with Gasteiger partial charge in [-0.3, -0.25) is 0 Å². The van der Waals surface area contributed by atoms with Crippen LogP contribution in [0.15, 0.2) is 0 Å². The molecule has 0 aromatic carbocycles. The minimum atomic E-state index is 0.679. The predicted molar refractivity (Wildman–Crippen MR) is 105 cm³/mol. The number of nitrogens with zero attached hydrogens (tertiary/aromatic N) is 6. The van der Waals surface area contributed by atoms with E-state index in [0.717, 1.165) is 97.3 Å². The Kier molecular flexibility index (Phi) is 5.49. The van der Waals surface area contributed by atoms with Crippen LogP contribution < -0.4 is 8.74 Å². The standard InChI is InChI=1S/C17H23N6O2S.Sn/c1-5-24-6-2-22(1)13-9-21(10-13)11-14-20-15-16(18-12-19-17(15)26-14)23-3-7-25-8-4-23;/h13H,1-11H2;. The van der Waals surface area contributed by atoms with Crippen LogP contribution >= 0.6 is 11.3 Å². The van der Waals surface area contributed by atoms with Crippen LogP contribution in [0.25, 0.3) is 10.3 Å². The van der Waals surface area contributed by atoms with Crippen LogP contribution in [0.2, 0.25) is 0 Å². The van der Waals surface area contributed by atoms with Crippen LogP contribution in [-0.2, 0) is 16.0 Å². The molecule has 0 N–H and O–H groups in total. The van der Waals surface area contributed by atoms with Crippen LogP contribution in [-0.4, -0.2) is 119 Å². The van der Waals surface area contributed by atoms with Crippen molar-refractivity contribution >= 4 is 53.9 Å². The van der Waals surface area contributed by atoms with Crippen LogP contribution in [0, 0.1) is 0 Å². The first kappa shape index (κ1) is 18.4. The van der Waals surface area contributed by atoms with Gasteiger partial charge in [0.1, 0.15) is 0 Å². The Balaban J connectivity index is 1.29. The number of anilines is 1. The molecule has 8 nitrogen and oxygen atoms in total. The molecular formula is C17H23N6O2SSn. The summed E-state index contributed by atoms with van der Waals surface area (Å²) in [6, 6.07) is 0.679. The summed E-state index contributed by atoms with van der Waals surface area (Å²) in [7, 11) is 0. The van der Waals surface area contributed by atoms with Crippen LogP contribution in [0.4, 0.5) is 5.82 Å². The van der Waals surface area contributed by atoms with Gasteiger partial charge in [0, 0.05) is 0 Å². The molecule has 3 radical (unpaired) electrons. The van der Waals surface area contributed by atoms with Gasteiger partial charge in [-0.05, 0) is 0 Å². The molecule has 0 bridgehead atoms. The Bertz CT molecular complexity index is 802. The third kappa shape index (κ3) is 3.94. The molecule has 5 heterocycles. The average Bonchev–Trinajstić information content (AvgIpc) is 3.07. The number of aromatic nitrogens is 3. The first-order chi connectivity index (χ1) is 13.3. The number of morpholine rings is 2. The fraction of sp³-hybridized carbons (Fsp3) is 0.706. The van der Waals surface area contributed by atoms with Crippen LogP contribution in [0.5, 0.6) is 0 Å². The zero-order chi connectivity index (χ0) is 18.2. The van der Waals surface area contributed by atoms with Crippen molar-refractivity contribution in [2.24, 2.45) is 0 Å². The van der Waals surface area contributed by atoms with Crippen molar-refractivity contribution in [3.05, 3.63) is 5.01 Å². The van der Waals surface area contributed by atoms with Gasteiger partial charge in [0.05, 0.1) is 0 Å². The Morgan fingerprint density at radius 3 is 2.41 bits per heavy atom. The number of fused-ring (bicyclic) bond motifs is 1. The molecule has 0 saturated carbocycles. The molecule has 2 aromatic heterocycles. The fourth-order valence-electron chi connectivity index (χ4n) is 3.95. The van der Waals surface area contributed by atoms with Crippen molar-refractivity contribution in [1.29, 1.82) is 0 Å². The number of hydrogen-bond acceptors (Lipinski definition) is 9. The predicted octanol–water partition coefficient (Wildman–Crippen LogP) is -0.767.